The number of hydrogen-bond donors (Lipinski definition) is 2. The van der Waals surface area contributed by atoms with Crippen molar-refractivity contribution in [3.63, 3.8) is 0 Å². The normalized spacial score (nSPS) is 10.8. The van der Waals surface area contributed by atoms with E-state index in [0.29, 0.717) is 46.5 Å². The van der Waals surface area contributed by atoms with E-state index in [2.05, 4.69) is 25.9 Å². The van der Waals surface area contributed by atoms with Gasteiger partial charge in [0.05, 0.1) is 0 Å². The number of nitrogens with one attached hydrogen (secondary N) is 2. The van der Waals surface area contributed by atoms with Gasteiger partial charge >= 0.3 is 0 Å². The van der Waals surface area contributed by atoms with E-state index in [4.69, 9.17) is 11.6 Å². The first-order chi connectivity index (χ1) is 15.5. The lowest BCUT2D eigenvalue weighted by Crippen LogP contribution is -2.14. The number of carbonyl (C=O) groups is 2. The number of ketones is 1. The minimum atomic E-state index is -0.162. The van der Waals surface area contributed by atoms with Gasteiger partial charge in [-0.3, -0.25) is 9.59 Å². The predicted octanol–water partition coefficient (Wildman–Crippen LogP) is 4.16. The van der Waals surface area contributed by atoms with Gasteiger partial charge in [0.25, 0.3) is 0 Å². The summed E-state index contributed by atoms with van der Waals surface area (Å²) in [4.78, 5) is 23.7. The Labute approximate surface area is 189 Å². The Balaban J connectivity index is 1.38. The van der Waals surface area contributed by atoms with Gasteiger partial charge < -0.3 is 10.6 Å². The summed E-state index contributed by atoms with van der Waals surface area (Å²) in [6.07, 6.45) is 0.591. The fourth-order valence-corrected chi connectivity index (χ4v) is 3.35. The lowest BCUT2D eigenvalue weighted by atomic mass is 10.1. The maximum absolute atomic E-state index is 12.3. The Hall–Kier alpha value is -3.78. The monoisotopic (exact) mass is 448 g/mol. The first kappa shape index (κ1) is 21.5. The average molecular weight is 449 g/mol. The number of fused-ring (bicyclic) bond motifs is 1. The molecule has 0 unspecified atom stereocenters. The molecule has 0 bridgehead atoms. The number of halogens is 1. The van der Waals surface area contributed by atoms with Gasteiger partial charge in [0.1, 0.15) is 5.82 Å². The number of benzene rings is 2. The molecular weight excluding hydrogens is 428 g/mol. The highest BCUT2D eigenvalue weighted by atomic mass is 35.5. The molecule has 0 saturated heterocycles. The third-order valence-corrected chi connectivity index (χ3v) is 5.26. The van der Waals surface area contributed by atoms with E-state index in [-0.39, 0.29) is 18.1 Å². The lowest BCUT2D eigenvalue weighted by molar-refractivity contribution is -0.116. The summed E-state index contributed by atoms with van der Waals surface area (Å²) in [7, 11) is 0. The van der Waals surface area contributed by atoms with E-state index in [1.807, 2.05) is 36.4 Å². The molecule has 0 atom stereocenters. The number of Topliss-reactive ketones (excluding diaryl/α,β-unsaturated/α-hetero) is 1. The van der Waals surface area contributed by atoms with Crippen molar-refractivity contribution in [3.8, 4) is 0 Å². The molecule has 32 heavy (non-hydrogen) atoms. The molecule has 0 aliphatic carbocycles. The van der Waals surface area contributed by atoms with Crippen LogP contribution in [0.3, 0.4) is 0 Å². The molecule has 0 spiro atoms. The van der Waals surface area contributed by atoms with Gasteiger partial charge in [-0.15, -0.1) is 15.3 Å². The van der Waals surface area contributed by atoms with Crippen LogP contribution in [0.25, 0.3) is 5.65 Å². The summed E-state index contributed by atoms with van der Waals surface area (Å²) in [5.41, 5.74) is 2.80. The number of amides is 1. The number of rotatable bonds is 8. The predicted molar refractivity (Wildman–Crippen MR) is 123 cm³/mol. The summed E-state index contributed by atoms with van der Waals surface area (Å²) in [5.74, 6) is 1.05. The van der Waals surface area contributed by atoms with Crippen LogP contribution in [0.15, 0.2) is 60.7 Å². The number of hydrogen-bond acceptors (Lipinski definition) is 6. The van der Waals surface area contributed by atoms with Crippen LogP contribution in [0, 0.1) is 0 Å². The zero-order valence-corrected chi connectivity index (χ0v) is 18.1. The largest absolute Gasteiger partial charge is 0.364 e. The highest BCUT2D eigenvalue weighted by Gasteiger charge is 2.11. The molecule has 4 rings (SSSR count). The molecule has 0 fully saturated rings. The maximum atomic E-state index is 12.3. The summed E-state index contributed by atoms with van der Waals surface area (Å²) >= 11 is 6.21. The van der Waals surface area contributed by atoms with Crippen LogP contribution in [0.4, 0.5) is 11.5 Å². The molecule has 1 amide bonds. The molecule has 0 aliphatic rings. The van der Waals surface area contributed by atoms with Crippen LogP contribution in [0.1, 0.15) is 35.1 Å². The van der Waals surface area contributed by atoms with Crippen molar-refractivity contribution in [3.05, 3.63) is 82.6 Å². The summed E-state index contributed by atoms with van der Waals surface area (Å²) in [6.45, 7) is 2.03. The second-order valence-electron chi connectivity index (χ2n) is 7.23. The van der Waals surface area contributed by atoms with Gasteiger partial charge in [-0.05, 0) is 55.0 Å². The molecule has 0 saturated carbocycles. The van der Waals surface area contributed by atoms with E-state index >= 15 is 0 Å². The SMILES string of the molecule is CC(=O)c1ccc(NC(=O)CCc2nnc3ccc(NCc4ccccc4Cl)nn23)cc1. The Kier molecular flexibility index (Phi) is 6.42. The molecule has 2 aromatic carbocycles. The first-order valence-electron chi connectivity index (χ1n) is 10.1. The van der Waals surface area contributed by atoms with Crippen molar-refractivity contribution in [1.29, 1.82) is 0 Å². The van der Waals surface area contributed by atoms with Crippen molar-refractivity contribution < 1.29 is 9.59 Å². The van der Waals surface area contributed by atoms with Crippen molar-refractivity contribution in [2.75, 3.05) is 10.6 Å². The van der Waals surface area contributed by atoms with Gasteiger partial charge in [-0.2, -0.15) is 4.52 Å². The molecule has 2 heterocycles. The molecule has 4 aromatic rings. The molecule has 2 aromatic heterocycles. The highest BCUT2D eigenvalue weighted by molar-refractivity contribution is 6.31. The quantitative estimate of drug-likeness (QED) is 0.392. The smallest absolute Gasteiger partial charge is 0.224 e. The van der Waals surface area contributed by atoms with Gasteiger partial charge in [-0.25, -0.2) is 0 Å². The van der Waals surface area contributed by atoms with E-state index in [1.165, 1.54) is 6.92 Å². The van der Waals surface area contributed by atoms with Crippen LogP contribution in [0.2, 0.25) is 5.02 Å². The molecular formula is C23H21ClN6O2. The van der Waals surface area contributed by atoms with Crippen LogP contribution in [-0.2, 0) is 17.8 Å². The minimum Gasteiger partial charge on any atom is -0.364 e. The zero-order chi connectivity index (χ0) is 22.5. The van der Waals surface area contributed by atoms with Crippen LogP contribution in [-0.4, -0.2) is 31.5 Å². The lowest BCUT2D eigenvalue weighted by Gasteiger charge is -2.08. The van der Waals surface area contributed by atoms with Crippen molar-refractivity contribution in [2.45, 2.75) is 26.3 Å². The average Bonchev–Trinajstić information content (AvgIpc) is 3.20. The highest BCUT2D eigenvalue weighted by Crippen LogP contribution is 2.17. The molecule has 0 aliphatic heterocycles. The zero-order valence-electron chi connectivity index (χ0n) is 17.4. The number of nitrogens with zero attached hydrogens (tertiary/aromatic N) is 4. The fraction of sp³-hybridized carbons (Fsp3) is 0.174. The van der Waals surface area contributed by atoms with Crippen molar-refractivity contribution in [1.82, 2.24) is 19.8 Å². The second kappa shape index (κ2) is 9.57. The van der Waals surface area contributed by atoms with Gasteiger partial charge in [-0.1, -0.05) is 29.8 Å². The third kappa shape index (κ3) is 5.09. The summed E-state index contributed by atoms with van der Waals surface area (Å²) < 4.78 is 1.63. The Bertz CT molecular complexity index is 1270. The minimum absolute atomic E-state index is 0.0187. The number of carbonyl (C=O) groups excluding carboxylic acids is 2. The fourth-order valence-electron chi connectivity index (χ4n) is 3.15. The standard InChI is InChI=1S/C23H21ClN6O2/c1-15(31)16-6-8-18(9-7-16)26-23(32)13-12-22-28-27-21-11-10-20(29-30(21)22)25-14-17-4-2-3-5-19(17)24/h2-11H,12-14H2,1H3,(H,25,29)(H,26,32). The molecule has 9 heteroatoms. The van der Waals surface area contributed by atoms with Crippen LogP contribution >= 0.6 is 11.6 Å². The molecule has 162 valence electrons. The molecule has 0 radical (unpaired) electrons. The van der Waals surface area contributed by atoms with Gasteiger partial charge in [0.2, 0.25) is 5.91 Å². The molecule has 2 N–H and O–H groups in total. The third-order valence-electron chi connectivity index (χ3n) is 4.90. The maximum Gasteiger partial charge on any atom is 0.224 e. The van der Waals surface area contributed by atoms with Gasteiger partial charge in [0, 0.05) is 35.7 Å². The van der Waals surface area contributed by atoms with E-state index in [1.54, 1.807) is 28.8 Å². The Morgan fingerprint density at radius 2 is 1.78 bits per heavy atom. The number of aromatic nitrogens is 4. The topological polar surface area (TPSA) is 101 Å². The van der Waals surface area contributed by atoms with Crippen LogP contribution in [0.5, 0.6) is 0 Å². The van der Waals surface area contributed by atoms with Gasteiger partial charge in [0.15, 0.2) is 17.3 Å². The van der Waals surface area contributed by atoms with Crippen molar-refractivity contribution >= 4 is 40.4 Å². The Morgan fingerprint density at radius 1 is 1.00 bits per heavy atom. The second-order valence-corrected chi connectivity index (χ2v) is 7.64. The summed E-state index contributed by atoms with van der Waals surface area (Å²) in [6, 6.07) is 18.0. The first-order valence-corrected chi connectivity index (χ1v) is 10.5. The van der Waals surface area contributed by atoms with E-state index in [0.717, 1.165) is 5.56 Å². The van der Waals surface area contributed by atoms with Crippen LogP contribution < -0.4 is 10.6 Å². The molecule has 8 nitrogen and oxygen atoms in total. The van der Waals surface area contributed by atoms with E-state index < -0.39 is 0 Å². The number of aryl methyl sites for hydroxylation is 1. The number of anilines is 2. The van der Waals surface area contributed by atoms with E-state index in [9.17, 15) is 9.59 Å². The Morgan fingerprint density at radius 3 is 2.53 bits per heavy atom. The summed E-state index contributed by atoms with van der Waals surface area (Å²) in [5, 5.41) is 19.6. The van der Waals surface area contributed by atoms with Crippen molar-refractivity contribution in [2.24, 2.45) is 0 Å².